The molecule has 132 valence electrons. The number of benzene rings is 1. The van der Waals surface area contributed by atoms with Crippen LogP contribution >= 0.6 is 27.3 Å². The number of carbonyl (C=O) groups is 1. The molecule has 1 amide bonds. The van der Waals surface area contributed by atoms with Gasteiger partial charge in [0.2, 0.25) is 5.91 Å². The van der Waals surface area contributed by atoms with Crippen LogP contribution in [0.15, 0.2) is 46.3 Å². The highest BCUT2D eigenvalue weighted by Gasteiger charge is 2.12. The molecule has 2 aromatic rings. The SMILES string of the molecule is O=C(/C=C/c1ccc(Br)s1)NCc1ccccc1CN1CCOCC1. The van der Waals surface area contributed by atoms with E-state index in [4.69, 9.17) is 4.74 Å². The van der Waals surface area contributed by atoms with Gasteiger partial charge >= 0.3 is 0 Å². The maximum atomic E-state index is 12.1. The smallest absolute Gasteiger partial charge is 0.244 e. The van der Waals surface area contributed by atoms with E-state index in [1.54, 1.807) is 17.4 Å². The summed E-state index contributed by atoms with van der Waals surface area (Å²) in [5, 5.41) is 2.98. The Hall–Kier alpha value is -1.47. The molecule has 6 heteroatoms. The first-order valence-electron chi connectivity index (χ1n) is 8.29. The number of thiophene rings is 1. The van der Waals surface area contributed by atoms with E-state index < -0.39 is 0 Å². The summed E-state index contributed by atoms with van der Waals surface area (Å²) in [6.07, 6.45) is 3.42. The average Bonchev–Trinajstić information content (AvgIpc) is 3.05. The molecule has 1 fully saturated rings. The highest BCUT2D eigenvalue weighted by molar-refractivity contribution is 9.11. The quantitative estimate of drug-likeness (QED) is 0.724. The van der Waals surface area contributed by atoms with Gasteiger partial charge < -0.3 is 10.1 Å². The molecule has 1 aliphatic heterocycles. The minimum atomic E-state index is -0.0781. The van der Waals surface area contributed by atoms with Crippen LogP contribution < -0.4 is 5.32 Å². The second-order valence-corrected chi connectivity index (χ2v) is 8.34. The van der Waals surface area contributed by atoms with E-state index in [0.29, 0.717) is 6.54 Å². The average molecular weight is 421 g/mol. The summed E-state index contributed by atoms with van der Waals surface area (Å²) in [4.78, 5) is 15.5. The monoisotopic (exact) mass is 420 g/mol. The predicted octanol–water partition coefficient (Wildman–Crippen LogP) is 3.67. The third kappa shape index (κ3) is 5.78. The predicted molar refractivity (Wildman–Crippen MR) is 105 cm³/mol. The molecule has 1 aliphatic rings. The Balaban J connectivity index is 1.55. The zero-order chi connectivity index (χ0) is 17.5. The van der Waals surface area contributed by atoms with Crippen LogP contribution in [0.25, 0.3) is 6.08 Å². The van der Waals surface area contributed by atoms with Gasteiger partial charge in [-0.05, 0) is 45.3 Å². The van der Waals surface area contributed by atoms with Gasteiger partial charge in [-0.2, -0.15) is 0 Å². The van der Waals surface area contributed by atoms with Crippen LogP contribution in [0.2, 0.25) is 0 Å². The van der Waals surface area contributed by atoms with Gasteiger partial charge in [0.15, 0.2) is 0 Å². The van der Waals surface area contributed by atoms with Gasteiger partial charge in [-0.1, -0.05) is 24.3 Å². The van der Waals surface area contributed by atoms with Gasteiger partial charge in [0.05, 0.1) is 17.0 Å². The molecule has 0 spiro atoms. The van der Waals surface area contributed by atoms with Crippen molar-refractivity contribution in [3.8, 4) is 0 Å². The molecule has 0 unspecified atom stereocenters. The minimum absolute atomic E-state index is 0.0781. The number of carbonyl (C=O) groups excluding carboxylic acids is 1. The Morgan fingerprint density at radius 2 is 1.96 bits per heavy atom. The van der Waals surface area contributed by atoms with Gasteiger partial charge in [0.1, 0.15) is 0 Å². The van der Waals surface area contributed by atoms with E-state index in [9.17, 15) is 4.79 Å². The molecule has 0 saturated carbocycles. The second-order valence-electron chi connectivity index (χ2n) is 5.85. The Labute approximate surface area is 160 Å². The summed E-state index contributed by atoms with van der Waals surface area (Å²) < 4.78 is 6.46. The number of nitrogens with zero attached hydrogens (tertiary/aromatic N) is 1. The van der Waals surface area contributed by atoms with Crippen molar-refractivity contribution < 1.29 is 9.53 Å². The van der Waals surface area contributed by atoms with Gasteiger partial charge in [-0.15, -0.1) is 11.3 Å². The van der Waals surface area contributed by atoms with E-state index in [1.807, 2.05) is 24.3 Å². The minimum Gasteiger partial charge on any atom is -0.379 e. The number of nitrogens with one attached hydrogen (secondary N) is 1. The van der Waals surface area contributed by atoms with Crippen molar-refractivity contribution in [2.24, 2.45) is 0 Å². The topological polar surface area (TPSA) is 41.6 Å². The van der Waals surface area contributed by atoms with E-state index in [1.165, 1.54) is 5.56 Å². The standard InChI is InChI=1S/C19H21BrN2O2S/c20-18-7-5-17(25-18)6-8-19(23)21-13-15-3-1-2-4-16(15)14-22-9-11-24-12-10-22/h1-8H,9-14H2,(H,21,23)/b8-6+. The van der Waals surface area contributed by atoms with Crippen LogP contribution in [0.1, 0.15) is 16.0 Å². The molecular formula is C19H21BrN2O2S. The van der Waals surface area contributed by atoms with E-state index >= 15 is 0 Å². The molecule has 1 aromatic carbocycles. The van der Waals surface area contributed by atoms with Crippen molar-refractivity contribution in [3.63, 3.8) is 0 Å². The van der Waals surface area contributed by atoms with Gasteiger partial charge in [0.25, 0.3) is 0 Å². The fourth-order valence-electron chi connectivity index (χ4n) is 2.70. The summed E-state index contributed by atoms with van der Waals surface area (Å²) in [5.74, 6) is -0.0781. The first-order chi connectivity index (χ1) is 12.2. The zero-order valence-electron chi connectivity index (χ0n) is 13.9. The molecule has 1 saturated heterocycles. The lowest BCUT2D eigenvalue weighted by molar-refractivity contribution is -0.116. The molecule has 25 heavy (non-hydrogen) atoms. The molecule has 2 heterocycles. The van der Waals surface area contributed by atoms with E-state index in [0.717, 1.165) is 47.1 Å². The van der Waals surface area contributed by atoms with Crippen LogP contribution in [0.5, 0.6) is 0 Å². The van der Waals surface area contributed by atoms with Gasteiger partial charge in [0, 0.05) is 37.1 Å². The zero-order valence-corrected chi connectivity index (χ0v) is 16.3. The number of hydrogen-bond acceptors (Lipinski definition) is 4. The summed E-state index contributed by atoms with van der Waals surface area (Å²) in [6.45, 7) is 4.94. The van der Waals surface area contributed by atoms with Crippen LogP contribution in [-0.4, -0.2) is 37.1 Å². The number of amides is 1. The first-order valence-corrected chi connectivity index (χ1v) is 9.90. The maximum absolute atomic E-state index is 12.1. The number of hydrogen-bond donors (Lipinski definition) is 1. The third-order valence-corrected chi connectivity index (χ3v) is 5.65. The van der Waals surface area contributed by atoms with Gasteiger partial charge in [-0.3, -0.25) is 9.69 Å². The van der Waals surface area contributed by atoms with Crippen molar-refractivity contribution >= 4 is 39.2 Å². The fourth-order valence-corrected chi connectivity index (χ4v) is 4.03. The normalized spacial score (nSPS) is 15.6. The fraction of sp³-hybridized carbons (Fsp3) is 0.316. The maximum Gasteiger partial charge on any atom is 0.244 e. The Morgan fingerprint density at radius 3 is 2.68 bits per heavy atom. The number of rotatable bonds is 6. The highest BCUT2D eigenvalue weighted by atomic mass is 79.9. The lowest BCUT2D eigenvalue weighted by atomic mass is 10.1. The van der Waals surface area contributed by atoms with Crippen LogP contribution in [0, 0.1) is 0 Å². The largest absolute Gasteiger partial charge is 0.379 e. The summed E-state index contributed by atoms with van der Waals surface area (Å²) in [5.41, 5.74) is 2.42. The van der Waals surface area contributed by atoms with E-state index in [-0.39, 0.29) is 5.91 Å². The van der Waals surface area contributed by atoms with Crippen LogP contribution in [0.4, 0.5) is 0 Å². The third-order valence-electron chi connectivity index (χ3n) is 4.06. The Kier molecular flexibility index (Phi) is 6.81. The molecule has 0 atom stereocenters. The molecule has 4 nitrogen and oxygen atoms in total. The van der Waals surface area contributed by atoms with Crippen LogP contribution in [-0.2, 0) is 22.6 Å². The number of halogens is 1. The van der Waals surface area contributed by atoms with Crippen LogP contribution in [0.3, 0.4) is 0 Å². The number of ether oxygens (including phenoxy) is 1. The number of morpholine rings is 1. The molecule has 0 aliphatic carbocycles. The molecule has 3 rings (SSSR count). The Bertz CT molecular complexity index is 739. The van der Waals surface area contributed by atoms with Gasteiger partial charge in [-0.25, -0.2) is 0 Å². The Morgan fingerprint density at radius 1 is 1.20 bits per heavy atom. The molecular weight excluding hydrogens is 400 g/mol. The highest BCUT2D eigenvalue weighted by Crippen LogP contribution is 2.22. The van der Waals surface area contributed by atoms with E-state index in [2.05, 4.69) is 44.3 Å². The summed E-state index contributed by atoms with van der Waals surface area (Å²) >= 11 is 5.02. The molecule has 0 radical (unpaired) electrons. The van der Waals surface area contributed by atoms with Crippen molar-refractivity contribution in [3.05, 3.63) is 62.3 Å². The molecule has 1 aromatic heterocycles. The summed E-state index contributed by atoms with van der Waals surface area (Å²) in [7, 11) is 0. The first kappa shape index (κ1) is 18.3. The second kappa shape index (κ2) is 9.29. The lowest BCUT2D eigenvalue weighted by Gasteiger charge is -2.27. The molecule has 1 N–H and O–H groups in total. The molecule has 0 bridgehead atoms. The van der Waals surface area contributed by atoms with Crippen molar-refractivity contribution in [2.45, 2.75) is 13.1 Å². The van der Waals surface area contributed by atoms with Crippen molar-refractivity contribution in [1.82, 2.24) is 10.2 Å². The van der Waals surface area contributed by atoms with Crippen molar-refractivity contribution in [1.29, 1.82) is 0 Å². The summed E-state index contributed by atoms with van der Waals surface area (Å²) in [6, 6.07) is 12.2. The lowest BCUT2D eigenvalue weighted by Crippen LogP contribution is -2.36. The van der Waals surface area contributed by atoms with Crippen molar-refractivity contribution in [2.75, 3.05) is 26.3 Å².